The number of urea groups is 1. The number of carbonyl (C=O) groups excluding carboxylic acids is 2. The first kappa shape index (κ1) is 15.0. The lowest BCUT2D eigenvalue weighted by Crippen LogP contribution is -2.40. The van der Waals surface area contributed by atoms with E-state index in [-0.39, 0.29) is 18.6 Å². The highest BCUT2D eigenvalue weighted by atomic mass is 16.2. The maximum Gasteiger partial charge on any atom is 0.321 e. The summed E-state index contributed by atoms with van der Waals surface area (Å²) in [5, 5.41) is 6.65. The Hall–Kier alpha value is -2.05. The first-order valence-electron chi connectivity index (χ1n) is 6.15. The zero-order valence-electron chi connectivity index (χ0n) is 11.8. The third-order valence-electron chi connectivity index (χ3n) is 3.10. The summed E-state index contributed by atoms with van der Waals surface area (Å²) >= 11 is 0. The Morgan fingerprint density at radius 3 is 2.63 bits per heavy atom. The van der Waals surface area contributed by atoms with E-state index >= 15 is 0 Å². The number of amides is 3. The fraction of sp³-hybridized carbons (Fsp3) is 0.583. The second-order valence-corrected chi connectivity index (χ2v) is 4.92. The van der Waals surface area contributed by atoms with Crippen LogP contribution >= 0.6 is 0 Å². The van der Waals surface area contributed by atoms with Gasteiger partial charge in [-0.15, -0.1) is 0 Å². The van der Waals surface area contributed by atoms with Crippen LogP contribution in [-0.2, 0) is 11.3 Å². The van der Waals surface area contributed by atoms with E-state index in [4.69, 9.17) is 5.73 Å². The second-order valence-electron chi connectivity index (χ2n) is 4.92. The number of nitrogens with two attached hydrogens (primary N) is 1. The fourth-order valence-corrected chi connectivity index (χ4v) is 1.52. The summed E-state index contributed by atoms with van der Waals surface area (Å²) in [6.45, 7) is 6.09. The first-order chi connectivity index (χ1) is 8.81. The van der Waals surface area contributed by atoms with E-state index < -0.39 is 5.91 Å². The molecular formula is C12H21N5O2. The average Bonchev–Trinajstić information content (AvgIpc) is 2.73. The number of nitrogens with one attached hydrogen (secondary N) is 1. The van der Waals surface area contributed by atoms with Gasteiger partial charge in [0.1, 0.15) is 6.54 Å². The predicted octanol–water partition coefficient (Wildman–Crippen LogP) is 0.877. The molecule has 0 saturated carbocycles. The minimum Gasteiger partial charge on any atom is -0.368 e. The highest BCUT2D eigenvalue weighted by molar-refractivity contribution is 5.89. The maximum absolute atomic E-state index is 12.0. The fourth-order valence-electron chi connectivity index (χ4n) is 1.52. The van der Waals surface area contributed by atoms with Crippen LogP contribution in [0.4, 0.5) is 10.5 Å². The van der Waals surface area contributed by atoms with E-state index in [0.29, 0.717) is 11.6 Å². The molecule has 0 radical (unpaired) electrons. The second kappa shape index (κ2) is 6.21. The van der Waals surface area contributed by atoms with Crippen molar-refractivity contribution in [3.05, 3.63) is 12.4 Å². The zero-order chi connectivity index (χ0) is 14.6. The van der Waals surface area contributed by atoms with Crippen molar-refractivity contribution in [1.82, 2.24) is 14.7 Å². The molecule has 1 rings (SSSR count). The summed E-state index contributed by atoms with van der Waals surface area (Å²) in [5.74, 6) is -0.111. The Bertz CT molecular complexity index is 455. The van der Waals surface area contributed by atoms with Gasteiger partial charge in [0.2, 0.25) is 5.91 Å². The third-order valence-corrected chi connectivity index (χ3v) is 3.10. The SMILES string of the molecule is CC(C)C(C)N(C)C(=O)Nc1cnn(CC(N)=O)c1. The number of aromatic nitrogens is 2. The van der Waals surface area contributed by atoms with E-state index in [9.17, 15) is 9.59 Å². The van der Waals surface area contributed by atoms with Crippen LogP contribution in [0.25, 0.3) is 0 Å². The molecule has 1 aromatic heterocycles. The molecule has 0 saturated heterocycles. The molecule has 106 valence electrons. The van der Waals surface area contributed by atoms with Crippen LogP contribution in [0.3, 0.4) is 0 Å². The molecule has 0 aliphatic rings. The van der Waals surface area contributed by atoms with Gasteiger partial charge in [0.25, 0.3) is 0 Å². The van der Waals surface area contributed by atoms with Crippen molar-refractivity contribution in [1.29, 1.82) is 0 Å². The molecule has 1 heterocycles. The van der Waals surface area contributed by atoms with E-state index in [1.807, 2.05) is 6.92 Å². The first-order valence-corrected chi connectivity index (χ1v) is 6.15. The lowest BCUT2D eigenvalue weighted by Gasteiger charge is -2.27. The van der Waals surface area contributed by atoms with Crippen molar-refractivity contribution in [2.75, 3.05) is 12.4 Å². The van der Waals surface area contributed by atoms with Gasteiger partial charge in [0.15, 0.2) is 0 Å². The number of carbonyl (C=O) groups is 2. The van der Waals surface area contributed by atoms with E-state index in [2.05, 4.69) is 24.3 Å². The Morgan fingerprint density at radius 2 is 2.11 bits per heavy atom. The minimum absolute atomic E-state index is 0.00585. The normalized spacial score (nSPS) is 12.3. The summed E-state index contributed by atoms with van der Waals surface area (Å²) in [5.41, 5.74) is 5.60. The third kappa shape index (κ3) is 4.27. The molecule has 19 heavy (non-hydrogen) atoms. The quantitative estimate of drug-likeness (QED) is 0.829. The molecule has 3 N–H and O–H groups in total. The summed E-state index contributed by atoms with van der Waals surface area (Å²) in [4.78, 5) is 24.3. The number of hydrogen-bond donors (Lipinski definition) is 2. The molecule has 1 aromatic rings. The van der Waals surface area contributed by atoms with Crippen molar-refractivity contribution in [3.63, 3.8) is 0 Å². The molecule has 0 fully saturated rings. The number of anilines is 1. The maximum atomic E-state index is 12.0. The molecule has 7 nitrogen and oxygen atoms in total. The van der Waals surface area contributed by atoms with Gasteiger partial charge in [0.05, 0.1) is 11.9 Å². The van der Waals surface area contributed by atoms with Crippen LogP contribution in [0.5, 0.6) is 0 Å². The monoisotopic (exact) mass is 267 g/mol. The van der Waals surface area contributed by atoms with Crippen molar-refractivity contribution in [3.8, 4) is 0 Å². The van der Waals surface area contributed by atoms with Crippen LogP contribution in [0.1, 0.15) is 20.8 Å². The summed E-state index contributed by atoms with van der Waals surface area (Å²) in [6.07, 6.45) is 3.05. The van der Waals surface area contributed by atoms with Gasteiger partial charge < -0.3 is 16.0 Å². The standard InChI is InChI=1S/C12H21N5O2/c1-8(2)9(3)16(4)12(19)15-10-5-14-17(6-10)7-11(13)18/h5-6,8-9H,7H2,1-4H3,(H2,13,18)(H,15,19). The van der Waals surface area contributed by atoms with Crippen LogP contribution in [0, 0.1) is 5.92 Å². The van der Waals surface area contributed by atoms with Gasteiger partial charge in [-0.05, 0) is 12.8 Å². The van der Waals surface area contributed by atoms with Crippen LogP contribution in [0.15, 0.2) is 12.4 Å². The Morgan fingerprint density at radius 1 is 1.47 bits per heavy atom. The summed E-state index contributed by atoms with van der Waals surface area (Å²) in [7, 11) is 1.74. The van der Waals surface area contributed by atoms with Gasteiger partial charge in [-0.25, -0.2) is 4.79 Å². The topological polar surface area (TPSA) is 93.2 Å². The average molecular weight is 267 g/mol. The number of rotatable bonds is 5. The summed E-state index contributed by atoms with van der Waals surface area (Å²) < 4.78 is 1.38. The van der Waals surface area contributed by atoms with Gasteiger partial charge in [0, 0.05) is 19.3 Å². The van der Waals surface area contributed by atoms with Gasteiger partial charge >= 0.3 is 6.03 Å². The summed E-state index contributed by atoms with van der Waals surface area (Å²) in [6, 6.07) is -0.0829. The molecule has 1 atom stereocenters. The molecule has 0 bridgehead atoms. The molecule has 7 heteroatoms. The van der Waals surface area contributed by atoms with E-state index in [1.165, 1.54) is 10.9 Å². The number of hydrogen-bond acceptors (Lipinski definition) is 3. The largest absolute Gasteiger partial charge is 0.368 e. The smallest absolute Gasteiger partial charge is 0.321 e. The highest BCUT2D eigenvalue weighted by Crippen LogP contribution is 2.11. The number of primary amides is 1. The van der Waals surface area contributed by atoms with Crippen molar-refractivity contribution >= 4 is 17.6 Å². The predicted molar refractivity (Wildman–Crippen MR) is 72.5 cm³/mol. The van der Waals surface area contributed by atoms with Crippen molar-refractivity contribution < 1.29 is 9.59 Å². The van der Waals surface area contributed by atoms with Crippen LogP contribution in [-0.4, -0.2) is 39.7 Å². The molecule has 1 unspecified atom stereocenters. The van der Waals surface area contributed by atoms with E-state index in [0.717, 1.165) is 0 Å². The van der Waals surface area contributed by atoms with Crippen LogP contribution < -0.4 is 11.1 Å². The van der Waals surface area contributed by atoms with Crippen molar-refractivity contribution in [2.45, 2.75) is 33.4 Å². The molecule has 0 aliphatic carbocycles. The zero-order valence-corrected chi connectivity index (χ0v) is 11.8. The lowest BCUT2D eigenvalue weighted by atomic mass is 10.1. The van der Waals surface area contributed by atoms with Gasteiger partial charge in [-0.3, -0.25) is 9.48 Å². The Balaban J connectivity index is 2.61. The van der Waals surface area contributed by atoms with E-state index in [1.54, 1.807) is 18.1 Å². The molecule has 0 spiro atoms. The van der Waals surface area contributed by atoms with Gasteiger partial charge in [-0.2, -0.15) is 5.10 Å². The highest BCUT2D eigenvalue weighted by Gasteiger charge is 2.18. The van der Waals surface area contributed by atoms with Crippen LogP contribution in [0.2, 0.25) is 0 Å². The Labute approximate surface area is 112 Å². The molecule has 3 amide bonds. The molecule has 0 aromatic carbocycles. The van der Waals surface area contributed by atoms with Gasteiger partial charge in [-0.1, -0.05) is 13.8 Å². The van der Waals surface area contributed by atoms with Crippen molar-refractivity contribution in [2.24, 2.45) is 11.7 Å². The minimum atomic E-state index is -0.480. The lowest BCUT2D eigenvalue weighted by molar-refractivity contribution is -0.118. The number of nitrogens with zero attached hydrogens (tertiary/aromatic N) is 3. The molecule has 0 aliphatic heterocycles. The molecular weight excluding hydrogens is 246 g/mol. The Kier molecular flexibility index (Phi) is 4.91.